The topological polar surface area (TPSA) is 24.1 Å². The molecule has 68 valence electrons. The average molecular weight is 192 g/mol. The molecule has 3 rings (SSSR count). The van der Waals surface area contributed by atoms with Gasteiger partial charge in [-0.25, -0.2) is 0 Å². The molecule has 0 saturated carbocycles. The first-order chi connectivity index (χ1) is 6.34. The summed E-state index contributed by atoms with van der Waals surface area (Å²) in [6.07, 6.45) is 0.382. The summed E-state index contributed by atoms with van der Waals surface area (Å²) in [7, 11) is 0. The van der Waals surface area contributed by atoms with Gasteiger partial charge in [-0.3, -0.25) is 0 Å². The van der Waals surface area contributed by atoms with Crippen LogP contribution in [0.25, 0.3) is 0 Å². The van der Waals surface area contributed by atoms with Crippen molar-refractivity contribution in [2.45, 2.75) is 24.6 Å². The monoisotopic (exact) mass is 192 g/mol. The molecule has 2 N–H and O–H groups in total. The van der Waals surface area contributed by atoms with Crippen LogP contribution in [0, 0.1) is 0 Å². The summed E-state index contributed by atoms with van der Waals surface area (Å²) in [6, 6.07) is 4.44. The summed E-state index contributed by atoms with van der Waals surface area (Å²) in [5.74, 6) is 2.35. The van der Waals surface area contributed by atoms with Gasteiger partial charge in [-0.05, 0) is 24.1 Å². The van der Waals surface area contributed by atoms with Crippen LogP contribution in [0.15, 0.2) is 12.1 Å². The second-order valence-electron chi connectivity index (χ2n) is 3.63. The predicted octanol–water partition coefficient (Wildman–Crippen LogP) is 2.62. The van der Waals surface area contributed by atoms with Crippen molar-refractivity contribution in [2.24, 2.45) is 0 Å². The number of thioether (sulfide) groups is 1. The van der Waals surface area contributed by atoms with Gasteiger partial charge in [-0.2, -0.15) is 11.8 Å². The minimum Gasteiger partial charge on any atom is -0.364 e. The van der Waals surface area contributed by atoms with Crippen LogP contribution in [-0.2, 0) is 11.5 Å². The highest BCUT2D eigenvalue weighted by molar-refractivity contribution is 7.98. The van der Waals surface area contributed by atoms with Crippen molar-refractivity contribution in [3.05, 3.63) is 23.3 Å². The van der Waals surface area contributed by atoms with E-state index in [9.17, 15) is 0 Å². The average Bonchev–Trinajstić information content (AvgIpc) is 2.65. The predicted molar refractivity (Wildman–Crippen MR) is 58.1 cm³/mol. The van der Waals surface area contributed by atoms with Crippen LogP contribution < -0.4 is 10.6 Å². The molecule has 2 heterocycles. The maximum absolute atomic E-state index is 3.47. The van der Waals surface area contributed by atoms with Crippen molar-refractivity contribution >= 4 is 23.1 Å². The van der Waals surface area contributed by atoms with E-state index in [1.165, 1.54) is 34.0 Å². The van der Waals surface area contributed by atoms with Gasteiger partial charge in [0.05, 0.1) is 17.5 Å². The molecule has 0 radical (unpaired) electrons. The number of hydrogen-bond donors (Lipinski definition) is 2. The molecule has 0 bridgehead atoms. The second kappa shape index (κ2) is 2.58. The van der Waals surface area contributed by atoms with E-state index in [2.05, 4.69) is 29.7 Å². The number of rotatable bonds is 0. The van der Waals surface area contributed by atoms with E-state index in [-0.39, 0.29) is 0 Å². The normalized spacial score (nSPS) is 23.3. The first-order valence-electron chi connectivity index (χ1n) is 4.60. The molecule has 2 aliphatic rings. The maximum Gasteiger partial charge on any atom is 0.0935 e. The van der Waals surface area contributed by atoms with Crippen molar-refractivity contribution in [1.29, 1.82) is 0 Å². The smallest absolute Gasteiger partial charge is 0.0935 e. The zero-order chi connectivity index (χ0) is 8.84. The summed E-state index contributed by atoms with van der Waals surface area (Å²) in [4.78, 5) is 0. The number of hydrogen-bond acceptors (Lipinski definition) is 3. The molecule has 0 fully saturated rings. The number of fused-ring (bicyclic) bond motifs is 3. The largest absolute Gasteiger partial charge is 0.364 e. The van der Waals surface area contributed by atoms with Crippen LogP contribution in [0.3, 0.4) is 0 Å². The van der Waals surface area contributed by atoms with Gasteiger partial charge < -0.3 is 10.6 Å². The molecule has 0 aliphatic carbocycles. The molecule has 3 heteroatoms. The van der Waals surface area contributed by atoms with E-state index in [0.717, 1.165) is 0 Å². The molecular formula is C10H12N2S. The van der Waals surface area contributed by atoms with E-state index in [0.29, 0.717) is 6.17 Å². The van der Waals surface area contributed by atoms with E-state index < -0.39 is 0 Å². The Morgan fingerprint density at radius 2 is 2.23 bits per heavy atom. The van der Waals surface area contributed by atoms with Gasteiger partial charge >= 0.3 is 0 Å². The highest BCUT2D eigenvalue weighted by Gasteiger charge is 2.23. The number of nitrogens with one attached hydrogen (secondary N) is 2. The van der Waals surface area contributed by atoms with Crippen LogP contribution in [-0.4, -0.2) is 6.17 Å². The van der Waals surface area contributed by atoms with E-state index in [4.69, 9.17) is 0 Å². The Kier molecular flexibility index (Phi) is 1.50. The Hall–Kier alpha value is -0.830. The lowest BCUT2D eigenvalue weighted by Gasteiger charge is -2.05. The molecule has 0 saturated heterocycles. The lowest BCUT2D eigenvalue weighted by Crippen LogP contribution is -2.16. The zero-order valence-corrected chi connectivity index (χ0v) is 8.37. The molecule has 1 aromatic carbocycles. The molecule has 0 amide bonds. The molecule has 0 aromatic heterocycles. The van der Waals surface area contributed by atoms with Crippen LogP contribution in [0.5, 0.6) is 0 Å². The van der Waals surface area contributed by atoms with Crippen LogP contribution >= 0.6 is 11.8 Å². The minimum absolute atomic E-state index is 0.382. The van der Waals surface area contributed by atoms with Crippen molar-refractivity contribution in [3.63, 3.8) is 0 Å². The first-order valence-corrected chi connectivity index (χ1v) is 5.75. The van der Waals surface area contributed by atoms with Crippen molar-refractivity contribution < 1.29 is 0 Å². The lowest BCUT2D eigenvalue weighted by atomic mass is 10.1. The van der Waals surface area contributed by atoms with Crippen LogP contribution in [0.1, 0.15) is 18.1 Å². The zero-order valence-electron chi connectivity index (χ0n) is 7.55. The third-order valence-corrected chi connectivity index (χ3v) is 3.65. The molecule has 1 aromatic rings. The maximum atomic E-state index is 3.47. The van der Waals surface area contributed by atoms with Crippen molar-refractivity contribution in [1.82, 2.24) is 0 Å². The quantitative estimate of drug-likeness (QED) is 0.660. The SMILES string of the molecule is CC1Nc2ccc3c(c2N1)CSC3. The van der Waals surface area contributed by atoms with Crippen LogP contribution in [0.4, 0.5) is 11.4 Å². The van der Waals surface area contributed by atoms with Gasteiger partial charge in [0.25, 0.3) is 0 Å². The Morgan fingerprint density at radius 3 is 3.15 bits per heavy atom. The molecule has 1 atom stereocenters. The third-order valence-electron chi connectivity index (χ3n) is 2.65. The highest BCUT2D eigenvalue weighted by atomic mass is 32.2. The fourth-order valence-electron chi connectivity index (χ4n) is 2.03. The second-order valence-corrected chi connectivity index (χ2v) is 4.61. The van der Waals surface area contributed by atoms with E-state index >= 15 is 0 Å². The van der Waals surface area contributed by atoms with E-state index in [1.807, 2.05) is 11.8 Å². The highest BCUT2D eigenvalue weighted by Crippen LogP contribution is 2.41. The van der Waals surface area contributed by atoms with Crippen molar-refractivity contribution in [2.75, 3.05) is 10.6 Å². The summed E-state index contributed by atoms with van der Waals surface area (Å²) in [5.41, 5.74) is 5.63. The van der Waals surface area contributed by atoms with Crippen LogP contribution in [0.2, 0.25) is 0 Å². The summed E-state index contributed by atoms with van der Waals surface area (Å²) in [5, 5.41) is 6.88. The Bertz CT molecular complexity index is 362. The molecule has 13 heavy (non-hydrogen) atoms. The molecule has 0 spiro atoms. The van der Waals surface area contributed by atoms with Gasteiger partial charge in [0.2, 0.25) is 0 Å². The fraction of sp³-hybridized carbons (Fsp3) is 0.400. The van der Waals surface area contributed by atoms with Gasteiger partial charge in [0, 0.05) is 11.5 Å². The lowest BCUT2D eigenvalue weighted by molar-refractivity contribution is 0.954. The summed E-state index contributed by atoms with van der Waals surface area (Å²) in [6.45, 7) is 2.15. The molecule has 1 unspecified atom stereocenters. The van der Waals surface area contributed by atoms with Gasteiger partial charge in [-0.1, -0.05) is 6.07 Å². The standard InChI is InChI=1S/C10H12N2S/c1-6-11-9-3-2-7-4-13-5-8(7)10(9)12-6/h2-3,6,11-12H,4-5H2,1H3. The van der Waals surface area contributed by atoms with Gasteiger partial charge in [-0.15, -0.1) is 0 Å². The molecular weight excluding hydrogens is 180 g/mol. The van der Waals surface area contributed by atoms with Gasteiger partial charge in [0.15, 0.2) is 0 Å². The molecule has 2 aliphatic heterocycles. The van der Waals surface area contributed by atoms with E-state index in [1.54, 1.807) is 0 Å². The third kappa shape index (κ3) is 1.03. The molecule has 2 nitrogen and oxygen atoms in total. The number of anilines is 2. The fourth-order valence-corrected chi connectivity index (χ4v) is 3.15. The first kappa shape index (κ1) is 7.56. The minimum atomic E-state index is 0.382. The van der Waals surface area contributed by atoms with Gasteiger partial charge in [0.1, 0.15) is 0 Å². The number of benzene rings is 1. The Morgan fingerprint density at radius 1 is 1.31 bits per heavy atom. The van der Waals surface area contributed by atoms with Crippen molar-refractivity contribution in [3.8, 4) is 0 Å². The summed E-state index contributed by atoms with van der Waals surface area (Å²) >= 11 is 2.00. The Labute approximate surface area is 82.1 Å². The summed E-state index contributed by atoms with van der Waals surface area (Å²) < 4.78 is 0. The Balaban J connectivity index is 2.16.